The lowest BCUT2D eigenvalue weighted by molar-refractivity contribution is -0.122. The number of benzene rings is 2. The molecule has 3 heterocycles. The fourth-order valence-corrected chi connectivity index (χ4v) is 5.47. The van der Waals surface area contributed by atoms with Crippen molar-refractivity contribution in [3.8, 4) is 16.9 Å². The standard InChI is InChI=1S/C28H32F2N4O4/c1-15-13-33(27(36)38-28(3,4)5)10-9-17(15)18-11-22-23(12-19(18)25-20(29)7-6-8-21(25)30)37-14-24-31-32-26(35)16(2)34(22)24/h6-8,11-12,15-17H,9-10,13-14H2,1-5H3,(H,32,35). The second kappa shape index (κ2) is 9.56. The predicted octanol–water partition coefficient (Wildman–Crippen LogP) is 5.02. The minimum absolute atomic E-state index is 0.0392. The van der Waals surface area contributed by atoms with Gasteiger partial charge < -0.3 is 19.3 Å². The zero-order chi connectivity index (χ0) is 27.4. The van der Waals surface area contributed by atoms with Crippen molar-refractivity contribution in [3.05, 3.63) is 47.5 Å². The van der Waals surface area contributed by atoms with E-state index in [0.29, 0.717) is 42.3 Å². The Bertz CT molecular complexity index is 1300. The van der Waals surface area contributed by atoms with Crippen LogP contribution in [0.2, 0.25) is 0 Å². The van der Waals surface area contributed by atoms with Gasteiger partial charge in [-0.3, -0.25) is 4.79 Å². The molecule has 0 aliphatic carbocycles. The smallest absolute Gasteiger partial charge is 0.410 e. The van der Waals surface area contributed by atoms with Gasteiger partial charge in [-0.1, -0.05) is 13.0 Å². The first-order valence-electron chi connectivity index (χ1n) is 12.8. The molecule has 10 heteroatoms. The maximum atomic E-state index is 15.1. The lowest BCUT2D eigenvalue weighted by Gasteiger charge is -2.41. The monoisotopic (exact) mass is 526 g/mol. The highest BCUT2D eigenvalue weighted by Crippen LogP contribution is 2.47. The van der Waals surface area contributed by atoms with Gasteiger partial charge in [0.2, 0.25) is 0 Å². The number of halogens is 2. The van der Waals surface area contributed by atoms with Crippen molar-refractivity contribution in [1.82, 2.24) is 10.3 Å². The molecule has 1 N–H and O–H groups in total. The molecule has 1 saturated heterocycles. The van der Waals surface area contributed by atoms with Crippen molar-refractivity contribution in [1.29, 1.82) is 0 Å². The molecular formula is C28H32F2N4O4. The van der Waals surface area contributed by atoms with Crippen LogP contribution in [0.25, 0.3) is 11.1 Å². The largest absolute Gasteiger partial charge is 0.483 e. The van der Waals surface area contributed by atoms with E-state index in [0.717, 1.165) is 5.56 Å². The van der Waals surface area contributed by atoms with Crippen LogP contribution in [-0.4, -0.2) is 54.1 Å². The van der Waals surface area contributed by atoms with Gasteiger partial charge >= 0.3 is 6.09 Å². The lowest BCUT2D eigenvalue weighted by atomic mass is 9.78. The normalized spacial score (nSPS) is 23.1. The summed E-state index contributed by atoms with van der Waals surface area (Å²) in [6.07, 6.45) is 0.191. The Hall–Kier alpha value is -3.69. The summed E-state index contributed by atoms with van der Waals surface area (Å²) in [6, 6.07) is 6.79. The first-order chi connectivity index (χ1) is 17.9. The Morgan fingerprint density at radius 1 is 1.18 bits per heavy atom. The van der Waals surface area contributed by atoms with Crippen molar-refractivity contribution in [3.63, 3.8) is 0 Å². The van der Waals surface area contributed by atoms with Gasteiger partial charge in [-0.05, 0) is 81.3 Å². The highest BCUT2D eigenvalue weighted by Gasteiger charge is 2.39. The molecule has 0 saturated carbocycles. The summed E-state index contributed by atoms with van der Waals surface area (Å²) >= 11 is 0. The van der Waals surface area contributed by atoms with Crippen LogP contribution >= 0.6 is 0 Å². The predicted molar refractivity (Wildman–Crippen MR) is 139 cm³/mol. The van der Waals surface area contributed by atoms with E-state index >= 15 is 8.78 Å². The molecule has 0 spiro atoms. The van der Waals surface area contributed by atoms with Crippen LogP contribution in [0.5, 0.6) is 5.75 Å². The topological polar surface area (TPSA) is 83.5 Å². The molecule has 202 valence electrons. The van der Waals surface area contributed by atoms with Gasteiger partial charge in [-0.15, -0.1) is 0 Å². The number of likely N-dealkylation sites (tertiary alicyclic amines) is 1. The Morgan fingerprint density at radius 2 is 1.89 bits per heavy atom. The Balaban J connectivity index is 1.59. The van der Waals surface area contributed by atoms with E-state index in [1.165, 1.54) is 18.2 Å². The zero-order valence-corrected chi connectivity index (χ0v) is 22.2. The summed E-state index contributed by atoms with van der Waals surface area (Å²) in [5.74, 6) is -0.792. The quantitative estimate of drug-likeness (QED) is 0.594. The number of hydrogen-bond acceptors (Lipinski definition) is 6. The van der Waals surface area contributed by atoms with Gasteiger partial charge in [-0.2, -0.15) is 5.10 Å². The van der Waals surface area contributed by atoms with E-state index in [1.54, 1.807) is 17.9 Å². The summed E-state index contributed by atoms with van der Waals surface area (Å²) in [7, 11) is 0. The fraction of sp³-hybridized carbons (Fsp3) is 0.464. The Kier molecular flexibility index (Phi) is 6.53. The molecule has 2 aromatic rings. The molecule has 0 bridgehead atoms. The summed E-state index contributed by atoms with van der Waals surface area (Å²) in [5, 5.41) is 4.15. The number of carbonyl (C=O) groups is 2. The molecule has 38 heavy (non-hydrogen) atoms. The van der Waals surface area contributed by atoms with Crippen LogP contribution in [0.4, 0.5) is 19.3 Å². The van der Waals surface area contributed by atoms with Crippen LogP contribution in [0.3, 0.4) is 0 Å². The second-order valence-corrected chi connectivity index (χ2v) is 11.1. The minimum atomic E-state index is -0.672. The molecule has 2 amide bonds. The fourth-order valence-electron chi connectivity index (χ4n) is 5.47. The third-order valence-electron chi connectivity index (χ3n) is 7.28. The van der Waals surface area contributed by atoms with Crippen molar-refractivity contribution in [2.45, 2.75) is 58.6 Å². The van der Waals surface area contributed by atoms with Crippen LogP contribution < -0.4 is 15.1 Å². The number of fused-ring (bicyclic) bond motifs is 3. The maximum absolute atomic E-state index is 15.1. The SMILES string of the molecule is CC1CN(C(=O)OC(C)(C)C)CCC1c1cc2c(cc1-c1c(F)cccc1F)OCC1=NNC(=O)C(C)N12. The average molecular weight is 527 g/mol. The second-order valence-electron chi connectivity index (χ2n) is 11.1. The Labute approximate surface area is 220 Å². The van der Waals surface area contributed by atoms with Crippen molar-refractivity contribution >= 4 is 23.5 Å². The van der Waals surface area contributed by atoms with Gasteiger partial charge in [0.15, 0.2) is 5.84 Å². The number of rotatable bonds is 2. The number of ether oxygens (including phenoxy) is 2. The number of piperidine rings is 1. The third kappa shape index (κ3) is 4.68. The van der Waals surface area contributed by atoms with Crippen LogP contribution in [0, 0.1) is 17.6 Å². The molecule has 3 aliphatic heterocycles. The first kappa shape index (κ1) is 25.9. The molecule has 0 radical (unpaired) electrons. The number of amides is 2. The highest BCUT2D eigenvalue weighted by molar-refractivity contribution is 6.09. The van der Waals surface area contributed by atoms with Gasteiger partial charge in [0, 0.05) is 13.1 Å². The number of hydrazone groups is 1. The van der Waals surface area contributed by atoms with E-state index in [4.69, 9.17) is 9.47 Å². The molecule has 2 aromatic carbocycles. The molecule has 1 fully saturated rings. The molecule has 3 atom stereocenters. The van der Waals surface area contributed by atoms with Crippen LogP contribution in [-0.2, 0) is 9.53 Å². The molecular weight excluding hydrogens is 494 g/mol. The van der Waals surface area contributed by atoms with Gasteiger partial charge in [-0.25, -0.2) is 19.0 Å². The summed E-state index contributed by atoms with van der Waals surface area (Å²) in [5.41, 5.74) is 3.52. The molecule has 3 unspecified atom stereocenters. The van der Waals surface area contributed by atoms with E-state index < -0.39 is 23.3 Å². The molecule has 0 aromatic heterocycles. The van der Waals surface area contributed by atoms with E-state index in [1.807, 2.05) is 38.7 Å². The van der Waals surface area contributed by atoms with Crippen LogP contribution in [0.1, 0.15) is 52.5 Å². The molecule has 3 aliphatic rings. The van der Waals surface area contributed by atoms with Crippen molar-refractivity contribution in [2.75, 3.05) is 24.6 Å². The van der Waals surface area contributed by atoms with Gasteiger partial charge in [0.1, 0.15) is 35.6 Å². The van der Waals surface area contributed by atoms with Gasteiger partial charge in [0.05, 0.1) is 11.3 Å². The third-order valence-corrected chi connectivity index (χ3v) is 7.28. The number of nitrogens with one attached hydrogen (secondary N) is 1. The van der Waals surface area contributed by atoms with Gasteiger partial charge in [0.25, 0.3) is 5.91 Å². The minimum Gasteiger partial charge on any atom is -0.483 e. The van der Waals surface area contributed by atoms with E-state index in [2.05, 4.69) is 10.5 Å². The van der Waals surface area contributed by atoms with Crippen molar-refractivity contribution in [2.24, 2.45) is 11.0 Å². The number of hydrogen-bond donors (Lipinski definition) is 1. The number of nitrogens with zero attached hydrogens (tertiary/aromatic N) is 3. The van der Waals surface area contributed by atoms with E-state index in [9.17, 15) is 9.59 Å². The maximum Gasteiger partial charge on any atom is 0.410 e. The number of anilines is 1. The van der Waals surface area contributed by atoms with E-state index in [-0.39, 0.29) is 36.0 Å². The number of amidine groups is 1. The van der Waals surface area contributed by atoms with Crippen LogP contribution in [0.15, 0.2) is 35.4 Å². The number of carbonyl (C=O) groups excluding carboxylic acids is 2. The van der Waals surface area contributed by atoms with Crippen molar-refractivity contribution < 1.29 is 27.8 Å². The zero-order valence-electron chi connectivity index (χ0n) is 22.2. The summed E-state index contributed by atoms with van der Waals surface area (Å²) < 4.78 is 41.7. The Morgan fingerprint density at radius 3 is 2.55 bits per heavy atom. The first-order valence-corrected chi connectivity index (χ1v) is 12.8. The molecule has 8 nitrogen and oxygen atoms in total. The molecule has 5 rings (SSSR count). The summed E-state index contributed by atoms with van der Waals surface area (Å²) in [6.45, 7) is 10.2. The highest BCUT2D eigenvalue weighted by atomic mass is 19.1. The lowest BCUT2D eigenvalue weighted by Crippen LogP contribution is -2.55. The average Bonchev–Trinajstić information content (AvgIpc) is 2.84. The summed E-state index contributed by atoms with van der Waals surface area (Å²) in [4.78, 5) is 28.6.